The summed E-state index contributed by atoms with van der Waals surface area (Å²) in [5, 5.41) is 5.72. The summed E-state index contributed by atoms with van der Waals surface area (Å²) in [5.74, 6) is -0.147. The minimum absolute atomic E-state index is 0.147. The van der Waals surface area contributed by atoms with Crippen molar-refractivity contribution < 1.29 is 14.3 Å². The van der Waals surface area contributed by atoms with Gasteiger partial charge < -0.3 is 21.1 Å². The molecule has 4 N–H and O–H groups in total. The molecule has 0 saturated carbocycles. The van der Waals surface area contributed by atoms with Gasteiger partial charge in [-0.25, -0.2) is 4.79 Å². The third kappa shape index (κ3) is 19.7. The molecule has 0 aromatic heterocycles. The number of rotatable bonds is 24. The molecule has 1 rings (SSSR count). The zero-order valence-electron chi connectivity index (χ0n) is 24.1. The van der Waals surface area contributed by atoms with Crippen LogP contribution >= 0.6 is 0 Å². The monoisotopic (exact) mass is 529 g/mol. The molecular formula is C32H55N3O3. The van der Waals surface area contributed by atoms with Gasteiger partial charge in [-0.2, -0.15) is 0 Å². The minimum Gasteiger partial charge on any atom is -0.445 e. The Morgan fingerprint density at radius 1 is 0.816 bits per heavy atom. The number of carbonyl (C=O) groups excluding carboxylic acids is 2. The molecular weight excluding hydrogens is 474 g/mol. The molecule has 1 atom stereocenters. The van der Waals surface area contributed by atoms with Gasteiger partial charge in [-0.15, -0.1) is 0 Å². The second-order valence-electron chi connectivity index (χ2n) is 10.3. The van der Waals surface area contributed by atoms with E-state index in [1.807, 2.05) is 30.3 Å². The molecule has 0 aliphatic carbocycles. The molecule has 0 radical (unpaired) electrons. The lowest BCUT2D eigenvalue weighted by atomic mass is 10.1. The Morgan fingerprint density at radius 2 is 1.42 bits per heavy atom. The molecule has 1 aromatic carbocycles. The number of ether oxygens (including phenoxy) is 1. The standard InChI is InChI=1S/C32H55N3O3/c1-2-3-4-5-6-7-8-9-10-11-12-13-14-15-16-22-27-34-31(36)30(25-20-21-26-33)35-32(37)38-28-29-23-18-17-19-24-29/h9-10,17-19,23-24,30H,2-8,11-16,20-22,25-28,33H2,1H3,(H,34,36)(H,35,37)/b10-9-/t30-/m1/s1. The number of benzene rings is 1. The molecule has 0 spiro atoms. The van der Waals surface area contributed by atoms with Crippen molar-refractivity contribution in [1.82, 2.24) is 10.6 Å². The third-order valence-electron chi connectivity index (χ3n) is 6.76. The quantitative estimate of drug-likeness (QED) is 0.0951. The highest BCUT2D eigenvalue weighted by Gasteiger charge is 2.20. The lowest BCUT2D eigenvalue weighted by Gasteiger charge is -2.18. The van der Waals surface area contributed by atoms with Gasteiger partial charge in [0.2, 0.25) is 5.91 Å². The van der Waals surface area contributed by atoms with Crippen LogP contribution in [0.15, 0.2) is 42.5 Å². The van der Waals surface area contributed by atoms with Gasteiger partial charge in [0.25, 0.3) is 0 Å². The lowest BCUT2D eigenvalue weighted by Crippen LogP contribution is -2.47. The van der Waals surface area contributed by atoms with Crippen LogP contribution in [0.5, 0.6) is 0 Å². The number of carbonyl (C=O) groups is 2. The van der Waals surface area contributed by atoms with Crippen molar-refractivity contribution in [3.05, 3.63) is 48.0 Å². The summed E-state index contributed by atoms with van der Waals surface area (Å²) in [5.41, 5.74) is 6.50. The Balaban J connectivity index is 2.09. The summed E-state index contributed by atoms with van der Waals surface area (Å²) >= 11 is 0. The predicted octanol–water partition coefficient (Wildman–Crippen LogP) is 7.56. The number of nitrogens with two attached hydrogens (primary N) is 1. The molecule has 0 fully saturated rings. The van der Waals surface area contributed by atoms with Gasteiger partial charge in [-0.3, -0.25) is 4.79 Å². The fourth-order valence-corrected chi connectivity index (χ4v) is 4.38. The zero-order valence-corrected chi connectivity index (χ0v) is 24.1. The molecule has 2 amide bonds. The molecule has 0 aliphatic rings. The number of hydrogen-bond acceptors (Lipinski definition) is 4. The van der Waals surface area contributed by atoms with Crippen LogP contribution in [-0.2, 0) is 16.1 Å². The highest BCUT2D eigenvalue weighted by molar-refractivity contribution is 5.85. The van der Waals surface area contributed by atoms with Crippen molar-refractivity contribution in [3.8, 4) is 0 Å². The van der Waals surface area contributed by atoms with Gasteiger partial charge in [-0.05, 0) is 63.5 Å². The van der Waals surface area contributed by atoms with Crippen LogP contribution in [-0.4, -0.2) is 31.1 Å². The van der Waals surface area contributed by atoms with Crippen LogP contribution in [0.25, 0.3) is 0 Å². The van der Waals surface area contributed by atoms with Gasteiger partial charge in [-0.1, -0.05) is 107 Å². The van der Waals surface area contributed by atoms with E-state index in [1.54, 1.807) is 0 Å². The van der Waals surface area contributed by atoms with Crippen molar-refractivity contribution in [3.63, 3.8) is 0 Å². The largest absolute Gasteiger partial charge is 0.445 e. The van der Waals surface area contributed by atoms with E-state index in [1.165, 1.54) is 77.0 Å². The summed E-state index contributed by atoms with van der Waals surface area (Å²) in [6.07, 6.45) is 24.0. The van der Waals surface area contributed by atoms with E-state index in [0.29, 0.717) is 19.5 Å². The van der Waals surface area contributed by atoms with Crippen LogP contribution in [0.1, 0.15) is 122 Å². The number of allylic oxidation sites excluding steroid dienone is 2. The maximum atomic E-state index is 12.7. The third-order valence-corrected chi connectivity index (χ3v) is 6.76. The van der Waals surface area contributed by atoms with E-state index < -0.39 is 12.1 Å². The van der Waals surface area contributed by atoms with Crippen LogP contribution in [0.4, 0.5) is 4.79 Å². The van der Waals surface area contributed by atoms with Crippen LogP contribution in [0, 0.1) is 0 Å². The topological polar surface area (TPSA) is 93.5 Å². The predicted molar refractivity (Wildman–Crippen MR) is 159 cm³/mol. The van der Waals surface area contributed by atoms with Gasteiger partial charge in [0.15, 0.2) is 0 Å². The number of hydrogen-bond donors (Lipinski definition) is 3. The second-order valence-corrected chi connectivity index (χ2v) is 10.3. The molecule has 6 heteroatoms. The molecule has 0 bridgehead atoms. The molecule has 0 saturated heterocycles. The summed E-state index contributed by atoms with van der Waals surface area (Å²) < 4.78 is 5.29. The first-order chi connectivity index (χ1) is 18.7. The molecule has 38 heavy (non-hydrogen) atoms. The van der Waals surface area contributed by atoms with Gasteiger partial charge in [0.05, 0.1) is 0 Å². The average molecular weight is 530 g/mol. The van der Waals surface area contributed by atoms with Gasteiger partial charge in [0, 0.05) is 6.54 Å². The molecule has 1 aromatic rings. The van der Waals surface area contributed by atoms with E-state index in [4.69, 9.17) is 10.5 Å². The fraction of sp³-hybridized carbons (Fsp3) is 0.688. The number of nitrogens with one attached hydrogen (secondary N) is 2. The van der Waals surface area contributed by atoms with Crippen molar-refractivity contribution in [2.24, 2.45) is 5.73 Å². The summed E-state index contributed by atoms with van der Waals surface area (Å²) in [4.78, 5) is 24.9. The minimum atomic E-state index is -0.598. The van der Waals surface area contributed by atoms with E-state index in [2.05, 4.69) is 29.7 Å². The number of unbranched alkanes of at least 4 members (excludes halogenated alkanes) is 13. The van der Waals surface area contributed by atoms with E-state index in [0.717, 1.165) is 31.2 Å². The van der Waals surface area contributed by atoms with Gasteiger partial charge >= 0.3 is 6.09 Å². The molecule has 0 heterocycles. The molecule has 216 valence electrons. The highest BCUT2D eigenvalue weighted by Crippen LogP contribution is 2.10. The van der Waals surface area contributed by atoms with Crippen molar-refractivity contribution in [2.75, 3.05) is 13.1 Å². The second kappa shape index (κ2) is 25.0. The first-order valence-electron chi connectivity index (χ1n) is 15.3. The Hall–Kier alpha value is -2.34. The summed E-state index contributed by atoms with van der Waals surface area (Å²) in [6.45, 7) is 3.65. The van der Waals surface area contributed by atoms with E-state index in [-0.39, 0.29) is 12.5 Å². The highest BCUT2D eigenvalue weighted by atomic mass is 16.5. The average Bonchev–Trinajstić information content (AvgIpc) is 2.93. The van der Waals surface area contributed by atoms with Gasteiger partial charge in [0.1, 0.15) is 12.6 Å². The Bertz CT molecular complexity index is 724. The normalized spacial score (nSPS) is 11.9. The SMILES string of the molecule is CCCCCCCC/C=C\CCCCCCCCNC(=O)[C@@H](CCCCN)NC(=O)OCc1ccccc1. The van der Waals surface area contributed by atoms with E-state index in [9.17, 15) is 9.59 Å². The first-order valence-corrected chi connectivity index (χ1v) is 15.3. The Labute approximate surface area is 232 Å². The zero-order chi connectivity index (χ0) is 27.5. The summed E-state index contributed by atoms with van der Waals surface area (Å²) in [6, 6.07) is 8.91. The number of alkyl carbamates (subject to hydrolysis) is 1. The van der Waals surface area contributed by atoms with Crippen LogP contribution in [0.3, 0.4) is 0 Å². The van der Waals surface area contributed by atoms with E-state index >= 15 is 0 Å². The van der Waals surface area contributed by atoms with Crippen molar-refractivity contribution >= 4 is 12.0 Å². The Kier molecular flexibility index (Phi) is 22.1. The maximum absolute atomic E-state index is 12.7. The molecule has 0 unspecified atom stereocenters. The molecule has 0 aliphatic heterocycles. The fourth-order valence-electron chi connectivity index (χ4n) is 4.38. The maximum Gasteiger partial charge on any atom is 0.408 e. The first kappa shape index (κ1) is 33.7. The smallest absolute Gasteiger partial charge is 0.408 e. The van der Waals surface area contributed by atoms with Crippen LogP contribution < -0.4 is 16.4 Å². The summed E-state index contributed by atoms with van der Waals surface area (Å²) in [7, 11) is 0. The van der Waals surface area contributed by atoms with Crippen molar-refractivity contribution in [2.45, 2.75) is 129 Å². The number of amides is 2. The Morgan fingerprint density at radius 3 is 2.05 bits per heavy atom. The van der Waals surface area contributed by atoms with Crippen LogP contribution in [0.2, 0.25) is 0 Å². The molecule has 6 nitrogen and oxygen atoms in total. The lowest BCUT2D eigenvalue weighted by molar-refractivity contribution is -0.123. The van der Waals surface area contributed by atoms with Crippen molar-refractivity contribution in [1.29, 1.82) is 0 Å².